The average molecular weight is 219 g/mol. The molecule has 0 spiro atoms. The number of aliphatic hydroxyl groups excluding tert-OH is 1. The summed E-state index contributed by atoms with van der Waals surface area (Å²) >= 11 is 1.56. The minimum atomic E-state index is -0.565. The Kier molecular flexibility index (Phi) is 2.62. The first-order chi connectivity index (χ1) is 7.26. The second-order valence-corrected chi connectivity index (χ2v) is 4.43. The van der Waals surface area contributed by atoms with Gasteiger partial charge in [-0.1, -0.05) is 0 Å². The molecule has 0 aliphatic carbocycles. The Morgan fingerprint density at radius 1 is 1.60 bits per heavy atom. The van der Waals surface area contributed by atoms with E-state index in [4.69, 9.17) is 10.4 Å². The molecule has 76 valence electrons. The van der Waals surface area contributed by atoms with Crippen LogP contribution in [0.1, 0.15) is 16.5 Å². The summed E-state index contributed by atoms with van der Waals surface area (Å²) in [5.74, 6) is -0.565. The second kappa shape index (κ2) is 3.93. The van der Waals surface area contributed by atoms with Crippen LogP contribution in [0.2, 0.25) is 0 Å². The maximum Gasteiger partial charge on any atom is 0.127 e. The van der Waals surface area contributed by atoms with Crippen molar-refractivity contribution in [3.8, 4) is 6.07 Å². The number of hydrogen-bond acceptors (Lipinski definition) is 5. The lowest BCUT2D eigenvalue weighted by Crippen LogP contribution is -2.04. The monoisotopic (exact) mass is 219 g/mol. The molecular weight excluding hydrogens is 210 g/mol. The summed E-state index contributed by atoms with van der Waals surface area (Å²) < 4.78 is 0. The summed E-state index contributed by atoms with van der Waals surface area (Å²) in [6.45, 7) is 1.77. The molecule has 0 aliphatic heterocycles. The van der Waals surface area contributed by atoms with Crippen LogP contribution in [0.15, 0.2) is 12.4 Å². The molecule has 1 N–H and O–H groups in total. The van der Waals surface area contributed by atoms with E-state index in [1.165, 1.54) is 6.33 Å². The van der Waals surface area contributed by atoms with E-state index in [1.807, 2.05) is 19.1 Å². The van der Waals surface area contributed by atoms with Gasteiger partial charge in [-0.15, -0.1) is 11.3 Å². The number of aryl methyl sites for hydroxylation is 1. The summed E-state index contributed by atoms with van der Waals surface area (Å²) in [5.41, 5.74) is 0.620. The van der Waals surface area contributed by atoms with Gasteiger partial charge in [0.2, 0.25) is 0 Å². The van der Waals surface area contributed by atoms with E-state index in [0.717, 1.165) is 15.1 Å². The fourth-order valence-electron chi connectivity index (χ4n) is 1.46. The Hall–Kier alpha value is -1.51. The molecule has 15 heavy (non-hydrogen) atoms. The Bertz CT molecular complexity index is 529. The van der Waals surface area contributed by atoms with Crippen molar-refractivity contribution >= 4 is 21.6 Å². The molecule has 0 aromatic carbocycles. The summed E-state index contributed by atoms with van der Waals surface area (Å²) in [6.07, 6.45) is 1.44. The fraction of sp³-hybridized carbons (Fsp3) is 0.300. The van der Waals surface area contributed by atoms with Gasteiger partial charge in [0, 0.05) is 10.3 Å². The lowest BCUT2D eigenvalue weighted by molar-refractivity contribution is 0.284. The van der Waals surface area contributed by atoms with Crippen molar-refractivity contribution < 1.29 is 5.11 Å². The van der Waals surface area contributed by atoms with Crippen LogP contribution in [0.25, 0.3) is 10.2 Å². The van der Waals surface area contributed by atoms with Crippen LogP contribution in [-0.4, -0.2) is 21.7 Å². The number of nitriles is 1. The van der Waals surface area contributed by atoms with Gasteiger partial charge in [0.05, 0.1) is 18.4 Å². The number of aromatic nitrogens is 2. The number of aliphatic hydroxyl groups is 1. The third kappa shape index (κ3) is 1.69. The van der Waals surface area contributed by atoms with E-state index in [2.05, 4.69) is 9.97 Å². The van der Waals surface area contributed by atoms with Crippen LogP contribution >= 0.6 is 11.3 Å². The van der Waals surface area contributed by atoms with Crippen LogP contribution < -0.4 is 0 Å². The molecule has 0 bridgehead atoms. The smallest absolute Gasteiger partial charge is 0.127 e. The Morgan fingerprint density at radius 2 is 2.40 bits per heavy atom. The van der Waals surface area contributed by atoms with Gasteiger partial charge in [0.25, 0.3) is 0 Å². The third-order valence-electron chi connectivity index (χ3n) is 2.15. The molecule has 2 aromatic heterocycles. The maximum absolute atomic E-state index is 9.07. The standard InChI is InChI=1S/C10H9N3OS/c1-6-2-8-9(7(3-11)4-14)12-5-13-10(8)15-6/h2,5,7,14H,4H2,1H3. The molecule has 0 aliphatic rings. The van der Waals surface area contributed by atoms with Gasteiger partial charge in [-0.2, -0.15) is 5.26 Å². The van der Waals surface area contributed by atoms with Crippen molar-refractivity contribution in [3.63, 3.8) is 0 Å². The van der Waals surface area contributed by atoms with Crippen molar-refractivity contribution in [3.05, 3.63) is 23.0 Å². The first-order valence-electron chi connectivity index (χ1n) is 4.47. The first-order valence-corrected chi connectivity index (χ1v) is 5.29. The van der Waals surface area contributed by atoms with E-state index in [0.29, 0.717) is 5.69 Å². The number of thiophene rings is 1. The molecule has 4 nitrogen and oxygen atoms in total. The molecule has 0 fully saturated rings. The lowest BCUT2D eigenvalue weighted by Gasteiger charge is -2.04. The van der Waals surface area contributed by atoms with E-state index in [9.17, 15) is 0 Å². The SMILES string of the molecule is Cc1cc2c(C(C#N)CO)ncnc2s1. The highest BCUT2D eigenvalue weighted by Crippen LogP contribution is 2.28. The normalized spacial score (nSPS) is 12.6. The van der Waals surface area contributed by atoms with Crippen LogP contribution in [0.3, 0.4) is 0 Å². The molecule has 0 saturated heterocycles. The Labute approximate surface area is 90.8 Å². The molecule has 2 aromatic rings. The third-order valence-corrected chi connectivity index (χ3v) is 3.11. The van der Waals surface area contributed by atoms with Gasteiger partial charge in [0.15, 0.2) is 0 Å². The van der Waals surface area contributed by atoms with Crippen LogP contribution in [-0.2, 0) is 0 Å². The molecule has 5 heteroatoms. The van der Waals surface area contributed by atoms with Gasteiger partial charge in [0.1, 0.15) is 17.1 Å². The van der Waals surface area contributed by atoms with Crippen molar-refractivity contribution in [2.24, 2.45) is 0 Å². The zero-order valence-corrected chi connectivity index (χ0v) is 8.95. The van der Waals surface area contributed by atoms with Crippen LogP contribution in [0.4, 0.5) is 0 Å². The van der Waals surface area contributed by atoms with E-state index in [-0.39, 0.29) is 6.61 Å². The van der Waals surface area contributed by atoms with Gasteiger partial charge in [-0.25, -0.2) is 9.97 Å². The summed E-state index contributed by atoms with van der Waals surface area (Å²) in [6, 6.07) is 3.99. The number of nitrogens with zero attached hydrogens (tertiary/aromatic N) is 3. The quantitative estimate of drug-likeness (QED) is 0.832. The average Bonchev–Trinajstić information content (AvgIpc) is 2.61. The highest BCUT2D eigenvalue weighted by molar-refractivity contribution is 7.18. The minimum Gasteiger partial charge on any atom is -0.395 e. The molecule has 2 rings (SSSR count). The predicted molar refractivity (Wildman–Crippen MR) is 57.6 cm³/mol. The molecule has 1 unspecified atom stereocenters. The molecule has 0 amide bonds. The van der Waals surface area contributed by atoms with Gasteiger partial charge >= 0.3 is 0 Å². The lowest BCUT2D eigenvalue weighted by atomic mass is 10.1. The largest absolute Gasteiger partial charge is 0.395 e. The Balaban J connectivity index is 2.65. The molecule has 0 saturated carbocycles. The highest BCUT2D eigenvalue weighted by atomic mass is 32.1. The van der Waals surface area contributed by atoms with E-state index >= 15 is 0 Å². The van der Waals surface area contributed by atoms with Crippen molar-refractivity contribution in [2.45, 2.75) is 12.8 Å². The van der Waals surface area contributed by atoms with Crippen molar-refractivity contribution in [2.75, 3.05) is 6.61 Å². The van der Waals surface area contributed by atoms with E-state index in [1.54, 1.807) is 11.3 Å². The molecular formula is C10H9N3OS. The minimum absolute atomic E-state index is 0.211. The zero-order chi connectivity index (χ0) is 10.8. The number of fused-ring (bicyclic) bond motifs is 1. The fourth-order valence-corrected chi connectivity index (χ4v) is 2.32. The van der Waals surface area contributed by atoms with Crippen molar-refractivity contribution in [1.29, 1.82) is 5.26 Å². The summed E-state index contributed by atoms with van der Waals surface area (Å²) in [7, 11) is 0. The highest BCUT2D eigenvalue weighted by Gasteiger charge is 2.16. The maximum atomic E-state index is 9.07. The zero-order valence-electron chi connectivity index (χ0n) is 8.14. The van der Waals surface area contributed by atoms with E-state index < -0.39 is 5.92 Å². The number of rotatable bonds is 2. The summed E-state index contributed by atoms with van der Waals surface area (Å²) in [5, 5.41) is 18.8. The van der Waals surface area contributed by atoms with Gasteiger partial charge in [-0.3, -0.25) is 0 Å². The second-order valence-electron chi connectivity index (χ2n) is 3.20. The summed E-state index contributed by atoms with van der Waals surface area (Å²) in [4.78, 5) is 10.2. The Morgan fingerprint density at radius 3 is 3.07 bits per heavy atom. The van der Waals surface area contributed by atoms with Crippen molar-refractivity contribution in [1.82, 2.24) is 9.97 Å². The molecule has 2 heterocycles. The predicted octanol–water partition coefficient (Wildman–Crippen LogP) is 1.60. The molecule has 1 atom stereocenters. The first kappa shape index (κ1) is 10.0. The van der Waals surface area contributed by atoms with Crippen LogP contribution in [0.5, 0.6) is 0 Å². The topological polar surface area (TPSA) is 69.8 Å². The molecule has 0 radical (unpaired) electrons. The number of hydrogen-bond donors (Lipinski definition) is 1. The van der Waals surface area contributed by atoms with Gasteiger partial charge in [-0.05, 0) is 13.0 Å². The van der Waals surface area contributed by atoms with Gasteiger partial charge < -0.3 is 5.11 Å². The van der Waals surface area contributed by atoms with Crippen LogP contribution in [0, 0.1) is 18.3 Å².